The van der Waals surface area contributed by atoms with E-state index in [0.717, 1.165) is 29.4 Å². The summed E-state index contributed by atoms with van der Waals surface area (Å²) < 4.78 is 0. The van der Waals surface area contributed by atoms with Crippen molar-refractivity contribution in [3.05, 3.63) is 35.5 Å². The Kier molecular flexibility index (Phi) is 4.39. The number of nitrogens with zero attached hydrogens (tertiary/aromatic N) is 1. The number of hydrogen-bond acceptors (Lipinski definition) is 3. The van der Waals surface area contributed by atoms with Crippen LogP contribution in [-0.2, 0) is 0 Å². The fourth-order valence-electron chi connectivity index (χ4n) is 1.98. The Labute approximate surface area is 112 Å². The summed E-state index contributed by atoms with van der Waals surface area (Å²) >= 11 is 5.96. The minimum Gasteiger partial charge on any atom is -0.396 e. The first kappa shape index (κ1) is 13.1. The zero-order chi connectivity index (χ0) is 13.0. The van der Waals surface area contributed by atoms with Gasteiger partial charge in [0, 0.05) is 34.9 Å². The first-order chi connectivity index (χ1) is 8.70. The fraction of sp³-hybridized carbons (Fsp3) is 0.357. The van der Waals surface area contributed by atoms with Crippen molar-refractivity contribution in [1.82, 2.24) is 4.98 Å². The SMILES string of the molecule is C[C@H](CCCO)Nc1ccnc2cc(Cl)ccc12. The lowest BCUT2D eigenvalue weighted by atomic mass is 10.1. The van der Waals surface area contributed by atoms with Crippen LogP contribution in [-0.4, -0.2) is 22.7 Å². The molecule has 0 aliphatic rings. The molecule has 0 aliphatic heterocycles. The van der Waals surface area contributed by atoms with Gasteiger partial charge < -0.3 is 10.4 Å². The summed E-state index contributed by atoms with van der Waals surface area (Å²) in [6, 6.07) is 7.99. The second-order valence-electron chi connectivity index (χ2n) is 4.43. The van der Waals surface area contributed by atoms with Gasteiger partial charge in [0.2, 0.25) is 0 Å². The van der Waals surface area contributed by atoms with Crippen LogP contribution in [0.25, 0.3) is 10.9 Å². The Balaban J connectivity index is 2.22. The van der Waals surface area contributed by atoms with Crippen LogP contribution in [0.15, 0.2) is 30.5 Å². The number of rotatable bonds is 5. The molecule has 0 unspecified atom stereocenters. The van der Waals surface area contributed by atoms with Crippen molar-refractivity contribution >= 4 is 28.2 Å². The topological polar surface area (TPSA) is 45.1 Å². The van der Waals surface area contributed by atoms with Gasteiger partial charge >= 0.3 is 0 Å². The summed E-state index contributed by atoms with van der Waals surface area (Å²) in [5.41, 5.74) is 1.95. The van der Waals surface area contributed by atoms with Gasteiger partial charge in [-0.05, 0) is 44.0 Å². The second-order valence-corrected chi connectivity index (χ2v) is 4.87. The third-order valence-corrected chi connectivity index (χ3v) is 3.14. The van der Waals surface area contributed by atoms with Crippen LogP contribution in [0.1, 0.15) is 19.8 Å². The standard InChI is InChI=1S/C14H17ClN2O/c1-10(3-2-8-18)17-13-6-7-16-14-9-11(15)4-5-12(13)14/h4-7,9-10,18H,2-3,8H2,1H3,(H,16,17)/t10-/m1/s1. The molecular formula is C14H17ClN2O. The zero-order valence-corrected chi connectivity index (χ0v) is 11.1. The Morgan fingerprint density at radius 1 is 1.39 bits per heavy atom. The van der Waals surface area contributed by atoms with E-state index in [0.29, 0.717) is 11.1 Å². The number of anilines is 1. The Morgan fingerprint density at radius 3 is 3.00 bits per heavy atom. The number of nitrogens with one attached hydrogen (secondary N) is 1. The molecule has 2 aromatic rings. The quantitative estimate of drug-likeness (QED) is 0.869. The second kappa shape index (κ2) is 6.03. The lowest BCUT2D eigenvalue weighted by Gasteiger charge is -2.16. The van der Waals surface area contributed by atoms with E-state index < -0.39 is 0 Å². The van der Waals surface area contributed by atoms with E-state index >= 15 is 0 Å². The first-order valence-electron chi connectivity index (χ1n) is 6.12. The smallest absolute Gasteiger partial charge is 0.0737 e. The summed E-state index contributed by atoms with van der Waals surface area (Å²) in [6.07, 6.45) is 3.52. The number of aromatic nitrogens is 1. The van der Waals surface area contributed by atoms with Crippen molar-refractivity contribution < 1.29 is 5.11 Å². The van der Waals surface area contributed by atoms with Gasteiger partial charge in [-0.3, -0.25) is 4.98 Å². The molecule has 1 aromatic heterocycles. The van der Waals surface area contributed by atoms with Crippen LogP contribution >= 0.6 is 11.6 Å². The molecule has 0 spiro atoms. The summed E-state index contributed by atoms with van der Waals surface area (Å²) in [6.45, 7) is 2.34. The maximum absolute atomic E-state index is 8.83. The van der Waals surface area contributed by atoms with E-state index in [1.165, 1.54) is 0 Å². The summed E-state index contributed by atoms with van der Waals surface area (Å²) in [7, 11) is 0. The number of pyridine rings is 1. The average molecular weight is 265 g/mol. The molecule has 0 bridgehead atoms. The maximum Gasteiger partial charge on any atom is 0.0737 e. The molecule has 0 radical (unpaired) electrons. The van der Waals surface area contributed by atoms with Gasteiger partial charge in [0.05, 0.1) is 5.52 Å². The van der Waals surface area contributed by atoms with Crippen molar-refractivity contribution in [3.8, 4) is 0 Å². The predicted molar refractivity (Wildman–Crippen MR) is 76.2 cm³/mol. The number of aliphatic hydroxyl groups excluding tert-OH is 1. The normalized spacial score (nSPS) is 12.6. The van der Waals surface area contributed by atoms with E-state index in [9.17, 15) is 0 Å². The van der Waals surface area contributed by atoms with E-state index in [1.807, 2.05) is 24.3 Å². The molecule has 0 amide bonds. The third kappa shape index (κ3) is 3.12. The van der Waals surface area contributed by atoms with Crippen molar-refractivity contribution in [1.29, 1.82) is 0 Å². The van der Waals surface area contributed by atoms with Crippen LogP contribution in [0.3, 0.4) is 0 Å². The van der Waals surface area contributed by atoms with Gasteiger partial charge in [-0.1, -0.05) is 11.6 Å². The molecule has 3 nitrogen and oxygen atoms in total. The number of benzene rings is 1. The van der Waals surface area contributed by atoms with Gasteiger partial charge in [-0.15, -0.1) is 0 Å². The van der Waals surface area contributed by atoms with Crippen molar-refractivity contribution in [2.75, 3.05) is 11.9 Å². The molecule has 0 saturated carbocycles. The minimum absolute atomic E-state index is 0.235. The van der Waals surface area contributed by atoms with Crippen LogP contribution in [0.2, 0.25) is 5.02 Å². The number of fused-ring (bicyclic) bond motifs is 1. The monoisotopic (exact) mass is 264 g/mol. The molecule has 4 heteroatoms. The Bertz CT molecular complexity index is 530. The van der Waals surface area contributed by atoms with Crippen molar-refractivity contribution in [3.63, 3.8) is 0 Å². The molecule has 96 valence electrons. The summed E-state index contributed by atoms with van der Waals surface area (Å²) in [5, 5.41) is 14.0. The molecule has 0 fully saturated rings. The van der Waals surface area contributed by atoms with Crippen LogP contribution in [0.4, 0.5) is 5.69 Å². The largest absolute Gasteiger partial charge is 0.396 e. The first-order valence-corrected chi connectivity index (χ1v) is 6.50. The van der Waals surface area contributed by atoms with Gasteiger partial charge in [0.15, 0.2) is 0 Å². The molecule has 18 heavy (non-hydrogen) atoms. The van der Waals surface area contributed by atoms with Gasteiger partial charge in [-0.2, -0.15) is 0 Å². The van der Waals surface area contributed by atoms with Crippen LogP contribution < -0.4 is 5.32 Å². The predicted octanol–water partition coefficient (Wildman–Crippen LogP) is 3.46. The molecular weight excluding hydrogens is 248 g/mol. The van der Waals surface area contributed by atoms with E-state index in [1.54, 1.807) is 6.20 Å². The summed E-state index contributed by atoms with van der Waals surface area (Å²) in [4.78, 5) is 4.31. The van der Waals surface area contributed by atoms with Crippen molar-refractivity contribution in [2.24, 2.45) is 0 Å². The van der Waals surface area contributed by atoms with Crippen LogP contribution in [0, 0.1) is 0 Å². The van der Waals surface area contributed by atoms with E-state index in [2.05, 4.69) is 17.2 Å². The highest BCUT2D eigenvalue weighted by Crippen LogP contribution is 2.25. The molecule has 0 saturated heterocycles. The zero-order valence-electron chi connectivity index (χ0n) is 10.4. The fourth-order valence-corrected chi connectivity index (χ4v) is 2.15. The van der Waals surface area contributed by atoms with E-state index in [-0.39, 0.29) is 6.61 Å². The molecule has 1 aromatic carbocycles. The number of aliphatic hydroxyl groups is 1. The Morgan fingerprint density at radius 2 is 2.22 bits per heavy atom. The molecule has 1 heterocycles. The summed E-state index contributed by atoms with van der Waals surface area (Å²) in [5.74, 6) is 0. The maximum atomic E-state index is 8.83. The lowest BCUT2D eigenvalue weighted by molar-refractivity contribution is 0.282. The Hall–Kier alpha value is -1.32. The average Bonchev–Trinajstić information content (AvgIpc) is 2.36. The lowest BCUT2D eigenvalue weighted by Crippen LogP contribution is -2.15. The van der Waals surface area contributed by atoms with E-state index in [4.69, 9.17) is 16.7 Å². The van der Waals surface area contributed by atoms with Gasteiger partial charge in [0.25, 0.3) is 0 Å². The molecule has 2 rings (SSSR count). The van der Waals surface area contributed by atoms with Gasteiger partial charge in [0.1, 0.15) is 0 Å². The minimum atomic E-state index is 0.235. The number of hydrogen-bond donors (Lipinski definition) is 2. The van der Waals surface area contributed by atoms with Crippen molar-refractivity contribution in [2.45, 2.75) is 25.8 Å². The molecule has 0 aliphatic carbocycles. The molecule has 2 N–H and O–H groups in total. The highest BCUT2D eigenvalue weighted by molar-refractivity contribution is 6.31. The number of halogens is 1. The van der Waals surface area contributed by atoms with Gasteiger partial charge in [-0.25, -0.2) is 0 Å². The molecule has 1 atom stereocenters. The highest BCUT2D eigenvalue weighted by atomic mass is 35.5. The highest BCUT2D eigenvalue weighted by Gasteiger charge is 2.06. The van der Waals surface area contributed by atoms with Crippen LogP contribution in [0.5, 0.6) is 0 Å². The third-order valence-electron chi connectivity index (χ3n) is 2.90.